The molecule has 3 heteroatoms. The van der Waals surface area contributed by atoms with Crippen molar-refractivity contribution in [3.63, 3.8) is 0 Å². The first-order valence-electron chi connectivity index (χ1n) is 7.19. The Morgan fingerprint density at radius 3 is 2.00 bits per heavy atom. The fraction of sp³-hybridized carbons (Fsp3) is 0.500. The van der Waals surface area contributed by atoms with Gasteiger partial charge in [-0.15, -0.1) is 6.58 Å². The summed E-state index contributed by atoms with van der Waals surface area (Å²) in [7, 11) is 3.25. The minimum Gasteiger partial charge on any atom is -0.494 e. The molecule has 0 amide bonds. The molecule has 0 fully saturated rings. The van der Waals surface area contributed by atoms with E-state index in [-0.39, 0.29) is 5.78 Å². The summed E-state index contributed by atoms with van der Waals surface area (Å²) < 4.78 is 9.56. The van der Waals surface area contributed by atoms with Crippen LogP contribution in [-0.2, 0) is 4.74 Å². The lowest BCUT2D eigenvalue weighted by molar-refractivity contribution is 0.101. The van der Waals surface area contributed by atoms with Crippen LogP contribution < -0.4 is 4.74 Å². The Morgan fingerprint density at radius 2 is 1.71 bits per heavy atom. The molecule has 3 nitrogen and oxygen atoms in total. The SMILES string of the molecule is C=CC.CC.CCOc1ccc(C(C)=O)c(C)c1.COC. The van der Waals surface area contributed by atoms with Gasteiger partial charge in [0.2, 0.25) is 0 Å². The molecule has 0 atom stereocenters. The van der Waals surface area contributed by atoms with Crippen molar-refractivity contribution in [3.05, 3.63) is 42.0 Å². The van der Waals surface area contributed by atoms with Crippen molar-refractivity contribution in [2.75, 3.05) is 20.8 Å². The molecule has 1 aromatic rings. The van der Waals surface area contributed by atoms with Crippen molar-refractivity contribution in [3.8, 4) is 5.75 Å². The average molecular weight is 296 g/mol. The second-order valence-electron chi connectivity index (χ2n) is 3.78. The van der Waals surface area contributed by atoms with Crippen LogP contribution in [0.5, 0.6) is 5.75 Å². The molecule has 0 heterocycles. The highest BCUT2D eigenvalue weighted by Gasteiger charge is 2.04. The summed E-state index contributed by atoms with van der Waals surface area (Å²) in [5.74, 6) is 0.922. The Morgan fingerprint density at radius 1 is 1.29 bits per heavy atom. The van der Waals surface area contributed by atoms with E-state index in [1.54, 1.807) is 27.2 Å². The maximum Gasteiger partial charge on any atom is 0.160 e. The molecule has 0 bridgehead atoms. The Bertz CT molecular complexity index is 371. The van der Waals surface area contributed by atoms with Crippen molar-refractivity contribution in [1.29, 1.82) is 0 Å². The smallest absolute Gasteiger partial charge is 0.160 e. The predicted molar refractivity (Wildman–Crippen MR) is 92.5 cm³/mol. The number of rotatable bonds is 3. The highest BCUT2D eigenvalue weighted by molar-refractivity contribution is 5.95. The molecule has 0 aliphatic heterocycles. The molecule has 0 aliphatic carbocycles. The molecule has 21 heavy (non-hydrogen) atoms. The number of hydrogen-bond acceptors (Lipinski definition) is 3. The number of benzene rings is 1. The van der Waals surface area contributed by atoms with Gasteiger partial charge >= 0.3 is 0 Å². The number of carbonyl (C=O) groups excluding carboxylic acids is 1. The fourth-order valence-electron chi connectivity index (χ4n) is 1.29. The fourth-order valence-corrected chi connectivity index (χ4v) is 1.29. The van der Waals surface area contributed by atoms with Gasteiger partial charge in [0.1, 0.15) is 5.75 Å². The molecular weight excluding hydrogens is 264 g/mol. The third-order valence-corrected chi connectivity index (χ3v) is 1.89. The van der Waals surface area contributed by atoms with Gasteiger partial charge in [-0.3, -0.25) is 4.79 Å². The van der Waals surface area contributed by atoms with Crippen molar-refractivity contribution in [1.82, 2.24) is 0 Å². The number of allylic oxidation sites excluding steroid dienone is 1. The topological polar surface area (TPSA) is 35.5 Å². The lowest BCUT2D eigenvalue weighted by atomic mass is 10.1. The monoisotopic (exact) mass is 296 g/mol. The summed E-state index contributed by atoms with van der Waals surface area (Å²) in [5, 5.41) is 0. The second-order valence-corrected chi connectivity index (χ2v) is 3.78. The van der Waals surface area contributed by atoms with E-state index in [1.165, 1.54) is 0 Å². The van der Waals surface area contributed by atoms with E-state index in [2.05, 4.69) is 11.3 Å². The van der Waals surface area contributed by atoms with Gasteiger partial charge in [0.25, 0.3) is 0 Å². The normalized spacial score (nSPS) is 7.81. The lowest BCUT2D eigenvalue weighted by Crippen LogP contribution is -1.97. The first-order valence-corrected chi connectivity index (χ1v) is 7.19. The molecule has 0 aromatic heterocycles. The molecule has 0 unspecified atom stereocenters. The molecule has 0 aliphatic rings. The second kappa shape index (κ2) is 18.4. The first kappa shape index (κ1) is 24.4. The molecule has 1 rings (SSSR count). The Kier molecular flexibility index (Phi) is 21.4. The maximum atomic E-state index is 11.1. The van der Waals surface area contributed by atoms with Crippen molar-refractivity contribution < 1.29 is 14.3 Å². The van der Waals surface area contributed by atoms with Crippen LogP contribution >= 0.6 is 0 Å². The van der Waals surface area contributed by atoms with Crippen LogP contribution in [0.4, 0.5) is 0 Å². The minimum atomic E-state index is 0.0977. The van der Waals surface area contributed by atoms with Gasteiger partial charge in [-0.1, -0.05) is 19.9 Å². The summed E-state index contributed by atoms with van der Waals surface area (Å²) in [5.41, 5.74) is 1.74. The molecule has 122 valence electrons. The van der Waals surface area contributed by atoms with Crippen LogP contribution in [0.15, 0.2) is 30.9 Å². The van der Waals surface area contributed by atoms with Gasteiger partial charge < -0.3 is 9.47 Å². The summed E-state index contributed by atoms with van der Waals surface area (Å²) in [6.07, 6.45) is 1.75. The van der Waals surface area contributed by atoms with E-state index in [0.717, 1.165) is 16.9 Å². The van der Waals surface area contributed by atoms with Crippen molar-refractivity contribution >= 4 is 5.78 Å². The van der Waals surface area contributed by atoms with E-state index < -0.39 is 0 Å². The number of methoxy groups -OCH3 is 1. The summed E-state index contributed by atoms with van der Waals surface area (Å²) in [6.45, 7) is 15.3. The van der Waals surface area contributed by atoms with Gasteiger partial charge in [0.05, 0.1) is 6.61 Å². The maximum absolute atomic E-state index is 11.1. The van der Waals surface area contributed by atoms with Crippen molar-refractivity contribution in [2.24, 2.45) is 0 Å². The van der Waals surface area contributed by atoms with Crippen LogP contribution in [0, 0.1) is 6.92 Å². The molecule has 0 radical (unpaired) electrons. The van der Waals surface area contributed by atoms with Gasteiger partial charge in [0.15, 0.2) is 5.78 Å². The van der Waals surface area contributed by atoms with Crippen LogP contribution in [0.2, 0.25) is 0 Å². The van der Waals surface area contributed by atoms with Gasteiger partial charge in [-0.25, -0.2) is 0 Å². The number of ether oxygens (including phenoxy) is 2. The highest BCUT2D eigenvalue weighted by atomic mass is 16.5. The van der Waals surface area contributed by atoms with E-state index in [4.69, 9.17) is 4.74 Å². The number of ketones is 1. The molecular formula is C18H32O3. The lowest BCUT2D eigenvalue weighted by Gasteiger charge is -2.06. The predicted octanol–water partition coefficient (Wildman–Crippen LogP) is 5.08. The number of hydrogen-bond donors (Lipinski definition) is 0. The van der Waals surface area contributed by atoms with Crippen LogP contribution in [0.25, 0.3) is 0 Å². The quantitative estimate of drug-likeness (QED) is 0.576. The third kappa shape index (κ3) is 14.6. The highest BCUT2D eigenvalue weighted by Crippen LogP contribution is 2.17. The zero-order chi connectivity index (χ0) is 17.3. The van der Waals surface area contributed by atoms with E-state index >= 15 is 0 Å². The number of carbonyl (C=O) groups is 1. The Balaban J connectivity index is -0.000000342. The molecule has 0 spiro atoms. The van der Waals surface area contributed by atoms with Gasteiger partial charge in [0, 0.05) is 19.8 Å². The largest absolute Gasteiger partial charge is 0.494 e. The van der Waals surface area contributed by atoms with E-state index in [0.29, 0.717) is 6.61 Å². The number of aryl methyl sites for hydroxylation is 1. The average Bonchev–Trinajstić information content (AvgIpc) is 2.43. The summed E-state index contributed by atoms with van der Waals surface area (Å²) in [4.78, 5) is 11.1. The molecule has 0 N–H and O–H groups in total. The molecule has 0 saturated heterocycles. The number of Topliss-reactive ketones (excluding diaryl/α,β-unsaturated/α-hetero) is 1. The van der Waals surface area contributed by atoms with E-state index in [1.807, 2.05) is 52.8 Å². The Hall–Kier alpha value is -1.61. The van der Waals surface area contributed by atoms with Crippen molar-refractivity contribution in [2.45, 2.75) is 41.5 Å². The summed E-state index contributed by atoms with van der Waals surface area (Å²) >= 11 is 0. The zero-order valence-electron chi connectivity index (χ0n) is 14.9. The molecule has 1 aromatic carbocycles. The van der Waals surface area contributed by atoms with Crippen LogP contribution in [0.1, 0.15) is 50.5 Å². The van der Waals surface area contributed by atoms with E-state index in [9.17, 15) is 4.79 Å². The van der Waals surface area contributed by atoms with Crippen LogP contribution in [-0.4, -0.2) is 26.6 Å². The van der Waals surface area contributed by atoms with Gasteiger partial charge in [-0.05, 0) is 51.5 Å². The first-order chi connectivity index (χ1) is 9.98. The van der Waals surface area contributed by atoms with Crippen LogP contribution in [0.3, 0.4) is 0 Å². The molecule has 0 saturated carbocycles. The van der Waals surface area contributed by atoms with Gasteiger partial charge in [-0.2, -0.15) is 0 Å². The minimum absolute atomic E-state index is 0.0977. The summed E-state index contributed by atoms with van der Waals surface area (Å²) in [6, 6.07) is 5.52. The Labute approximate surface area is 131 Å². The third-order valence-electron chi connectivity index (χ3n) is 1.89. The zero-order valence-corrected chi connectivity index (χ0v) is 14.9. The standard InChI is InChI=1S/C11H14O2.C3H6.C2H6O.C2H6/c1-4-13-10-5-6-11(9(3)12)8(2)7-10;2*1-3-2;1-2/h5-7H,4H2,1-3H3;3H,1H2,2H3;1-2H3;1-2H3.